The fourth-order valence-electron chi connectivity index (χ4n) is 7.65. The SMILES string of the molecule is CCC[CH2][Sn]([CH2]CCC)([CH2]CCC)[CH]1C(=O)OC2C3c4ccccc4C(c4ccccc43)C21. The van der Waals surface area contributed by atoms with Crippen molar-refractivity contribution in [2.45, 2.75) is 94.5 Å². The number of hydrogen-bond acceptors (Lipinski definition) is 2. The summed E-state index contributed by atoms with van der Waals surface area (Å²) < 4.78 is 10.8. The van der Waals surface area contributed by atoms with Crippen LogP contribution in [0.4, 0.5) is 0 Å². The molecule has 0 saturated carbocycles. The van der Waals surface area contributed by atoms with Gasteiger partial charge in [-0.3, -0.25) is 0 Å². The molecular formula is C30H40O2Sn. The van der Waals surface area contributed by atoms with E-state index >= 15 is 0 Å². The van der Waals surface area contributed by atoms with E-state index in [4.69, 9.17) is 4.74 Å². The Morgan fingerprint density at radius 1 is 0.697 bits per heavy atom. The summed E-state index contributed by atoms with van der Waals surface area (Å²) in [4.78, 5) is 13.9. The summed E-state index contributed by atoms with van der Waals surface area (Å²) in [7, 11) is 0. The van der Waals surface area contributed by atoms with Crippen LogP contribution in [0, 0.1) is 5.92 Å². The average molecular weight is 551 g/mol. The average Bonchev–Trinajstić information content (AvgIpc) is 3.21. The molecule has 3 aliphatic carbocycles. The van der Waals surface area contributed by atoms with Crippen molar-refractivity contribution in [2.75, 3.05) is 0 Å². The van der Waals surface area contributed by atoms with Gasteiger partial charge in [0, 0.05) is 0 Å². The molecule has 176 valence electrons. The fourth-order valence-corrected chi connectivity index (χ4v) is 26.6. The van der Waals surface area contributed by atoms with Gasteiger partial charge in [0.05, 0.1) is 0 Å². The van der Waals surface area contributed by atoms with Gasteiger partial charge in [0.2, 0.25) is 0 Å². The minimum atomic E-state index is -2.83. The Labute approximate surface area is 204 Å². The number of esters is 1. The van der Waals surface area contributed by atoms with Crippen LogP contribution in [0.15, 0.2) is 48.5 Å². The van der Waals surface area contributed by atoms with E-state index in [-0.39, 0.29) is 21.9 Å². The first kappa shape index (κ1) is 23.5. The van der Waals surface area contributed by atoms with Crippen LogP contribution in [0.3, 0.4) is 0 Å². The van der Waals surface area contributed by atoms with E-state index in [0.717, 1.165) is 0 Å². The normalized spacial score (nSPS) is 27.1. The van der Waals surface area contributed by atoms with Crippen molar-refractivity contribution in [2.24, 2.45) is 5.92 Å². The van der Waals surface area contributed by atoms with Crippen molar-refractivity contribution in [3.05, 3.63) is 70.8 Å². The van der Waals surface area contributed by atoms with E-state index in [2.05, 4.69) is 69.3 Å². The van der Waals surface area contributed by atoms with E-state index in [1.54, 1.807) is 0 Å². The van der Waals surface area contributed by atoms with Crippen LogP contribution in [0.25, 0.3) is 0 Å². The van der Waals surface area contributed by atoms with Gasteiger partial charge in [-0.25, -0.2) is 0 Å². The van der Waals surface area contributed by atoms with Crippen molar-refractivity contribution < 1.29 is 9.53 Å². The Morgan fingerprint density at radius 3 is 1.55 bits per heavy atom. The van der Waals surface area contributed by atoms with Crippen LogP contribution in [0.1, 0.15) is 93.4 Å². The molecule has 1 heterocycles. The Balaban J connectivity index is 1.65. The number of unbranched alkanes of at least 4 members (excludes halogenated alkanes) is 3. The monoisotopic (exact) mass is 552 g/mol. The molecule has 0 N–H and O–H groups in total. The molecule has 3 unspecified atom stereocenters. The molecule has 2 nitrogen and oxygen atoms in total. The van der Waals surface area contributed by atoms with Crippen molar-refractivity contribution in [1.29, 1.82) is 0 Å². The summed E-state index contributed by atoms with van der Waals surface area (Å²) in [6.45, 7) is 6.96. The Hall–Kier alpha value is -1.29. The molecule has 0 radical (unpaired) electrons. The number of ether oxygens (including phenoxy) is 1. The summed E-state index contributed by atoms with van der Waals surface area (Å²) in [5.74, 6) is 1.09. The summed E-state index contributed by atoms with van der Waals surface area (Å²) in [5.41, 5.74) is 5.78. The number of rotatable bonds is 10. The zero-order valence-electron chi connectivity index (χ0n) is 20.7. The second kappa shape index (κ2) is 9.76. The van der Waals surface area contributed by atoms with Gasteiger partial charge in [-0.1, -0.05) is 0 Å². The van der Waals surface area contributed by atoms with E-state index in [1.807, 2.05) is 0 Å². The third-order valence-corrected chi connectivity index (χ3v) is 26.2. The molecule has 0 spiro atoms. The van der Waals surface area contributed by atoms with Crippen LogP contribution in [-0.4, -0.2) is 30.5 Å². The fraction of sp³-hybridized carbons (Fsp3) is 0.567. The molecule has 1 saturated heterocycles. The number of carbonyl (C=O) groups excluding carboxylic acids is 1. The maximum absolute atomic E-state index is 13.9. The van der Waals surface area contributed by atoms with Crippen molar-refractivity contribution in [3.63, 3.8) is 0 Å². The molecule has 2 aromatic rings. The van der Waals surface area contributed by atoms with Gasteiger partial charge in [0.25, 0.3) is 0 Å². The van der Waals surface area contributed by atoms with Crippen LogP contribution < -0.4 is 0 Å². The third-order valence-electron chi connectivity index (χ3n) is 9.06. The van der Waals surface area contributed by atoms with Gasteiger partial charge < -0.3 is 0 Å². The van der Waals surface area contributed by atoms with E-state index in [9.17, 15) is 4.79 Å². The first-order valence-corrected chi connectivity index (χ1v) is 21.2. The van der Waals surface area contributed by atoms with Gasteiger partial charge in [-0.05, 0) is 0 Å². The predicted octanol–water partition coefficient (Wildman–Crippen LogP) is 8.04. The molecule has 1 aliphatic heterocycles. The second-order valence-corrected chi connectivity index (χ2v) is 24.7. The van der Waals surface area contributed by atoms with Crippen molar-refractivity contribution in [1.82, 2.24) is 0 Å². The topological polar surface area (TPSA) is 26.3 Å². The molecule has 3 heteroatoms. The van der Waals surface area contributed by atoms with E-state index in [0.29, 0.717) is 11.8 Å². The zero-order valence-corrected chi connectivity index (χ0v) is 23.5. The van der Waals surface area contributed by atoms with Crippen molar-refractivity contribution >= 4 is 24.3 Å². The Kier molecular flexibility index (Phi) is 6.93. The molecule has 4 aliphatic rings. The summed E-state index contributed by atoms with van der Waals surface area (Å²) >= 11 is -2.83. The molecule has 33 heavy (non-hydrogen) atoms. The van der Waals surface area contributed by atoms with Gasteiger partial charge in [-0.15, -0.1) is 0 Å². The number of benzene rings is 2. The molecule has 1 fully saturated rings. The number of hydrogen-bond donors (Lipinski definition) is 0. The van der Waals surface area contributed by atoms with Crippen molar-refractivity contribution in [3.8, 4) is 0 Å². The van der Waals surface area contributed by atoms with E-state index in [1.165, 1.54) is 74.1 Å². The first-order chi connectivity index (χ1) is 16.2. The summed E-state index contributed by atoms with van der Waals surface area (Å²) in [6, 6.07) is 18.0. The predicted molar refractivity (Wildman–Crippen MR) is 139 cm³/mol. The summed E-state index contributed by atoms with van der Waals surface area (Å²) in [6.07, 6.45) is 7.65. The Bertz CT molecular complexity index is 929. The van der Waals surface area contributed by atoms with Crippen LogP contribution in [0.5, 0.6) is 0 Å². The van der Waals surface area contributed by atoms with E-state index < -0.39 is 18.4 Å². The first-order valence-electron chi connectivity index (χ1n) is 13.5. The molecule has 0 aromatic heterocycles. The second-order valence-electron chi connectivity index (χ2n) is 10.8. The minimum absolute atomic E-state index is 0.0401. The van der Waals surface area contributed by atoms with Gasteiger partial charge in [0.1, 0.15) is 0 Å². The quantitative estimate of drug-likeness (QED) is 0.221. The molecule has 2 bridgehead atoms. The Morgan fingerprint density at radius 2 is 1.12 bits per heavy atom. The molecular weight excluding hydrogens is 511 g/mol. The summed E-state index contributed by atoms with van der Waals surface area (Å²) in [5, 5.41) is 0. The standard InChI is InChI=1S/C18H13O2.3C4H9.Sn/c19-15-9-14-16-10-5-1-3-7-12(10)17(18(14)20-15)13-8-4-2-6-11(13)16;3*1-3-4-2;/h1-9,14,16-18H;3*1,3-4H2,2H3;. The third kappa shape index (κ3) is 3.79. The van der Waals surface area contributed by atoms with Gasteiger partial charge in [0.15, 0.2) is 0 Å². The van der Waals surface area contributed by atoms with Crippen LogP contribution >= 0.6 is 0 Å². The van der Waals surface area contributed by atoms with Gasteiger partial charge >= 0.3 is 205 Å². The maximum atomic E-state index is 13.9. The zero-order chi connectivity index (χ0) is 23.0. The molecule has 3 atom stereocenters. The number of carbonyl (C=O) groups is 1. The van der Waals surface area contributed by atoms with Crippen LogP contribution in [-0.2, 0) is 9.53 Å². The molecule has 2 aromatic carbocycles. The van der Waals surface area contributed by atoms with Gasteiger partial charge in [-0.2, -0.15) is 0 Å². The molecule has 0 amide bonds. The van der Waals surface area contributed by atoms with Crippen LogP contribution in [0.2, 0.25) is 17.2 Å². The molecule has 6 rings (SSSR count).